The van der Waals surface area contributed by atoms with Gasteiger partial charge in [0.2, 0.25) is 0 Å². The number of carbonyl (C=O) groups is 2. The van der Waals surface area contributed by atoms with E-state index in [0.717, 1.165) is 0 Å². The average molecular weight is 354 g/mol. The highest BCUT2D eigenvalue weighted by Gasteiger charge is 2.21. The summed E-state index contributed by atoms with van der Waals surface area (Å²) in [4.78, 5) is 26.4. The molecular formula is C20H22N2O4. The largest absolute Gasteiger partial charge is 0.491 e. The van der Waals surface area contributed by atoms with Gasteiger partial charge < -0.3 is 19.7 Å². The van der Waals surface area contributed by atoms with Crippen LogP contribution in [0.15, 0.2) is 42.5 Å². The summed E-state index contributed by atoms with van der Waals surface area (Å²) in [6, 6.07) is 12.0. The molecule has 2 aromatic rings. The van der Waals surface area contributed by atoms with Gasteiger partial charge in [-0.3, -0.25) is 9.59 Å². The van der Waals surface area contributed by atoms with Crippen LogP contribution < -0.4 is 14.8 Å². The summed E-state index contributed by atoms with van der Waals surface area (Å²) in [6.45, 7) is 4.87. The lowest BCUT2D eigenvalue weighted by atomic mass is 10.1. The molecule has 6 nitrogen and oxygen atoms in total. The number of likely N-dealkylation sites (N-methyl/N-ethyl adjacent to an activating group) is 1. The van der Waals surface area contributed by atoms with E-state index in [1.807, 2.05) is 13.8 Å². The van der Waals surface area contributed by atoms with Crippen molar-refractivity contribution in [2.75, 3.05) is 25.5 Å². The standard InChI is InChI=1S/C20H22N2O4/c1-13(2)26-16-7-4-14(5-8-16)19(23)21-15-6-9-18-17(12-15)20(24)22(3)10-11-25-18/h4-9,12-13H,10-11H2,1-3H3,(H,21,23). The molecule has 0 aromatic heterocycles. The topological polar surface area (TPSA) is 67.9 Å². The first kappa shape index (κ1) is 17.8. The van der Waals surface area contributed by atoms with Crippen LogP contribution >= 0.6 is 0 Å². The van der Waals surface area contributed by atoms with Crippen molar-refractivity contribution in [2.45, 2.75) is 20.0 Å². The minimum atomic E-state index is -0.253. The minimum absolute atomic E-state index is 0.0761. The summed E-state index contributed by atoms with van der Waals surface area (Å²) in [6.07, 6.45) is 0.0761. The van der Waals surface area contributed by atoms with Crippen molar-refractivity contribution >= 4 is 17.5 Å². The fourth-order valence-electron chi connectivity index (χ4n) is 2.66. The number of benzene rings is 2. The van der Waals surface area contributed by atoms with Crippen molar-refractivity contribution < 1.29 is 19.1 Å². The highest BCUT2D eigenvalue weighted by molar-refractivity contribution is 6.05. The molecule has 0 unspecified atom stereocenters. The SMILES string of the molecule is CC(C)Oc1ccc(C(=O)Nc2ccc3c(c2)C(=O)N(C)CCO3)cc1. The van der Waals surface area contributed by atoms with Crippen molar-refractivity contribution in [1.82, 2.24) is 4.90 Å². The highest BCUT2D eigenvalue weighted by atomic mass is 16.5. The van der Waals surface area contributed by atoms with E-state index in [-0.39, 0.29) is 17.9 Å². The Hall–Kier alpha value is -3.02. The van der Waals surface area contributed by atoms with Gasteiger partial charge in [-0.15, -0.1) is 0 Å². The summed E-state index contributed by atoms with van der Waals surface area (Å²) >= 11 is 0. The molecular weight excluding hydrogens is 332 g/mol. The Labute approximate surface area is 152 Å². The average Bonchev–Trinajstić information content (AvgIpc) is 2.74. The van der Waals surface area contributed by atoms with Crippen LogP contribution in [0.25, 0.3) is 0 Å². The first-order valence-electron chi connectivity index (χ1n) is 8.54. The molecule has 2 amide bonds. The maximum absolute atomic E-state index is 12.5. The van der Waals surface area contributed by atoms with Crippen molar-refractivity contribution in [3.8, 4) is 11.5 Å². The van der Waals surface area contributed by atoms with Crippen LogP contribution in [0.4, 0.5) is 5.69 Å². The van der Waals surface area contributed by atoms with E-state index in [2.05, 4.69) is 5.32 Å². The molecule has 0 saturated heterocycles. The molecule has 0 spiro atoms. The second kappa shape index (κ2) is 7.47. The van der Waals surface area contributed by atoms with Gasteiger partial charge in [-0.25, -0.2) is 0 Å². The van der Waals surface area contributed by atoms with Gasteiger partial charge in [0.1, 0.15) is 18.1 Å². The quantitative estimate of drug-likeness (QED) is 0.916. The number of rotatable bonds is 4. The van der Waals surface area contributed by atoms with E-state index >= 15 is 0 Å². The van der Waals surface area contributed by atoms with Gasteiger partial charge in [-0.1, -0.05) is 0 Å². The molecule has 1 N–H and O–H groups in total. The lowest BCUT2D eigenvalue weighted by Crippen LogP contribution is -2.27. The first-order valence-corrected chi connectivity index (χ1v) is 8.54. The van der Waals surface area contributed by atoms with Crippen LogP contribution in [-0.4, -0.2) is 43.0 Å². The number of hydrogen-bond donors (Lipinski definition) is 1. The lowest BCUT2D eigenvalue weighted by molar-refractivity contribution is 0.0796. The Kier molecular flexibility index (Phi) is 5.11. The molecule has 1 heterocycles. The Morgan fingerprint density at radius 3 is 2.62 bits per heavy atom. The molecule has 0 bridgehead atoms. The maximum atomic E-state index is 12.5. The summed E-state index contributed by atoms with van der Waals surface area (Å²) in [5.74, 6) is 0.875. The Morgan fingerprint density at radius 2 is 1.92 bits per heavy atom. The van der Waals surface area contributed by atoms with Crippen molar-refractivity contribution in [1.29, 1.82) is 0 Å². The maximum Gasteiger partial charge on any atom is 0.257 e. The van der Waals surface area contributed by atoms with E-state index in [9.17, 15) is 9.59 Å². The van der Waals surface area contributed by atoms with E-state index in [1.54, 1.807) is 54.4 Å². The van der Waals surface area contributed by atoms with Crippen LogP contribution in [0.1, 0.15) is 34.6 Å². The van der Waals surface area contributed by atoms with Gasteiger partial charge in [0.15, 0.2) is 0 Å². The summed E-state index contributed by atoms with van der Waals surface area (Å²) < 4.78 is 11.2. The van der Waals surface area contributed by atoms with Gasteiger partial charge in [0, 0.05) is 18.3 Å². The van der Waals surface area contributed by atoms with Gasteiger partial charge in [-0.2, -0.15) is 0 Å². The fourth-order valence-corrected chi connectivity index (χ4v) is 2.66. The molecule has 2 aromatic carbocycles. The highest BCUT2D eigenvalue weighted by Crippen LogP contribution is 2.26. The lowest BCUT2D eigenvalue weighted by Gasteiger charge is -2.13. The molecule has 6 heteroatoms. The zero-order valence-corrected chi connectivity index (χ0v) is 15.1. The molecule has 1 aliphatic rings. The van der Waals surface area contributed by atoms with E-state index < -0.39 is 0 Å². The molecule has 0 aliphatic carbocycles. The number of carbonyl (C=O) groups excluding carboxylic acids is 2. The zero-order valence-electron chi connectivity index (χ0n) is 15.1. The summed E-state index contributed by atoms with van der Waals surface area (Å²) in [5, 5.41) is 2.82. The van der Waals surface area contributed by atoms with Gasteiger partial charge in [0.25, 0.3) is 11.8 Å². The van der Waals surface area contributed by atoms with Crippen molar-refractivity contribution in [3.63, 3.8) is 0 Å². The van der Waals surface area contributed by atoms with Crippen LogP contribution in [0, 0.1) is 0 Å². The molecule has 136 valence electrons. The third-order valence-corrected chi connectivity index (χ3v) is 3.99. The number of anilines is 1. The van der Waals surface area contributed by atoms with Crippen molar-refractivity contribution in [2.24, 2.45) is 0 Å². The molecule has 3 rings (SSSR count). The predicted molar refractivity (Wildman–Crippen MR) is 99.1 cm³/mol. The van der Waals surface area contributed by atoms with Crippen LogP contribution in [0.5, 0.6) is 11.5 Å². The normalized spacial score (nSPS) is 13.7. The number of hydrogen-bond acceptors (Lipinski definition) is 4. The van der Waals surface area contributed by atoms with E-state index in [0.29, 0.717) is 41.5 Å². The summed E-state index contributed by atoms with van der Waals surface area (Å²) in [7, 11) is 1.73. The van der Waals surface area contributed by atoms with Gasteiger partial charge >= 0.3 is 0 Å². The molecule has 26 heavy (non-hydrogen) atoms. The van der Waals surface area contributed by atoms with Gasteiger partial charge in [-0.05, 0) is 56.3 Å². The van der Waals surface area contributed by atoms with Crippen LogP contribution in [0.2, 0.25) is 0 Å². The monoisotopic (exact) mass is 354 g/mol. The Morgan fingerprint density at radius 1 is 1.19 bits per heavy atom. The fraction of sp³-hybridized carbons (Fsp3) is 0.300. The van der Waals surface area contributed by atoms with Gasteiger partial charge in [0.05, 0.1) is 18.2 Å². The van der Waals surface area contributed by atoms with Crippen molar-refractivity contribution in [3.05, 3.63) is 53.6 Å². The van der Waals surface area contributed by atoms with E-state index in [4.69, 9.17) is 9.47 Å². The first-order chi connectivity index (χ1) is 12.4. The predicted octanol–water partition coefficient (Wildman–Crippen LogP) is 3.19. The van der Waals surface area contributed by atoms with Crippen LogP contribution in [0.3, 0.4) is 0 Å². The molecule has 0 atom stereocenters. The third-order valence-electron chi connectivity index (χ3n) is 3.99. The molecule has 0 saturated carbocycles. The zero-order chi connectivity index (χ0) is 18.7. The minimum Gasteiger partial charge on any atom is -0.491 e. The molecule has 0 fully saturated rings. The number of fused-ring (bicyclic) bond motifs is 1. The Bertz CT molecular complexity index is 815. The third kappa shape index (κ3) is 3.96. The Balaban J connectivity index is 1.75. The second-order valence-electron chi connectivity index (χ2n) is 6.43. The number of amides is 2. The number of nitrogens with one attached hydrogen (secondary N) is 1. The second-order valence-corrected chi connectivity index (χ2v) is 6.43. The number of ether oxygens (including phenoxy) is 2. The van der Waals surface area contributed by atoms with E-state index in [1.165, 1.54) is 0 Å². The smallest absolute Gasteiger partial charge is 0.257 e. The molecule has 1 aliphatic heterocycles. The van der Waals surface area contributed by atoms with Crippen LogP contribution in [-0.2, 0) is 0 Å². The summed E-state index contributed by atoms with van der Waals surface area (Å²) in [5.41, 5.74) is 1.50. The molecule has 0 radical (unpaired) electrons. The number of nitrogens with zero attached hydrogens (tertiary/aromatic N) is 1.